The van der Waals surface area contributed by atoms with E-state index < -0.39 is 0 Å². The molecule has 172 valence electrons. The highest BCUT2D eigenvalue weighted by atomic mass is 19.1. The van der Waals surface area contributed by atoms with Crippen LogP contribution in [0.2, 0.25) is 0 Å². The average molecular weight is 452 g/mol. The molecule has 1 aromatic carbocycles. The van der Waals surface area contributed by atoms with Crippen molar-refractivity contribution in [2.75, 3.05) is 6.61 Å². The second-order valence-electron chi connectivity index (χ2n) is 8.61. The number of rotatable bonds is 4. The number of fused-ring (bicyclic) bond motifs is 1. The van der Waals surface area contributed by atoms with E-state index in [1.54, 1.807) is 12.1 Å². The summed E-state index contributed by atoms with van der Waals surface area (Å²) in [5.74, 6) is 0.00131. The minimum absolute atomic E-state index is 0.180. The Morgan fingerprint density at radius 2 is 1.97 bits per heavy atom. The van der Waals surface area contributed by atoms with Crippen LogP contribution < -0.4 is 4.74 Å². The highest BCUT2D eigenvalue weighted by Gasteiger charge is 2.25. The van der Waals surface area contributed by atoms with E-state index in [1.807, 2.05) is 18.2 Å². The minimum atomic E-state index is -0.333. The van der Waals surface area contributed by atoms with E-state index in [9.17, 15) is 13.2 Å². The molecule has 1 heterocycles. The van der Waals surface area contributed by atoms with Gasteiger partial charge in [0, 0.05) is 29.7 Å². The molecule has 0 saturated carbocycles. The van der Waals surface area contributed by atoms with Crippen molar-refractivity contribution in [3.63, 3.8) is 0 Å². The lowest BCUT2D eigenvalue weighted by atomic mass is 9.86. The molecule has 0 aromatic heterocycles. The molecule has 0 saturated heterocycles. The van der Waals surface area contributed by atoms with Crippen LogP contribution in [0.15, 0.2) is 100 Å². The topological polar surface area (TPSA) is 21.6 Å². The number of ether oxygens (including phenoxy) is 1. The molecule has 1 aromatic rings. The largest absolute Gasteiger partial charge is 0.487 e. The van der Waals surface area contributed by atoms with Gasteiger partial charge in [0.25, 0.3) is 0 Å². The monoisotopic (exact) mass is 451 g/mol. The SMILES string of the molecule is C[C@H]1C/C=C/C(C2=C/C=C(/F)CCC=C\2F)=C\CCC2C=C(COc3cccc(F)c3)N=C21. The third-order valence-electron chi connectivity index (χ3n) is 6.07. The van der Waals surface area contributed by atoms with Crippen LogP contribution in [-0.4, -0.2) is 12.3 Å². The highest BCUT2D eigenvalue weighted by Crippen LogP contribution is 2.32. The number of nitrogens with zero attached hydrogens (tertiary/aromatic N) is 1. The first-order valence-electron chi connectivity index (χ1n) is 11.5. The van der Waals surface area contributed by atoms with Crippen molar-refractivity contribution >= 4 is 5.71 Å². The van der Waals surface area contributed by atoms with E-state index in [4.69, 9.17) is 9.73 Å². The first-order valence-corrected chi connectivity index (χ1v) is 11.5. The van der Waals surface area contributed by atoms with Gasteiger partial charge in [-0.1, -0.05) is 37.3 Å². The fourth-order valence-electron chi connectivity index (χ4n) is 4.33. The normalized spacial score (nSPS) is 29.3. The minimum Gasteiger partial charge on any atom is -0.487 e. The van der Waals surface area contributed by atoms with Gasteiger partial charge in [0.2, 0.25) is 0 Å². The standard InChI is InChI=1S/C28H28F3NO/c1-19-6-2-7-20(26-15-14-22(29)10-5-13-27(26)31)8-3-9-21-16-24(32-28(19)21)18-33-25-12-4-11-23(30)17-25/h2,4,7-8,11-17,19,21H,3,5-6,9-10,18H2,1H3/b7-2+,20-8+,22-14+,26-15-,27-13?/t19-,21?/m0/s1. The lowest BCUT2D eigenvalue weighted by Gasteiger charge is -2.18. The first-order chi connectivity index (χ1) is 16.0. The maximum absolute atomic E-state index is 14.7. The van der Waals surface area contributed by atoms with E-state index in [0.29, 0.717) is 17.7 Å². The Labute approximate surface area is 193 Å². The third-order valence-corrected chi connectivity index (χ3v) is 6.07. The van der Waals surface area contributed by atoms with Crippen molar-refractivity contribution in [1.29, 1.82) is 0 Å². The summed E-state index contributed by atoms with van der Waals surface area (Å²) in [7, 11) is 0. The molecule has 1 unspecified atom stereocenters. The quantitative estimate of drug-likeness (QED) is 0.456. The average Bonchev–Trinajstić information content (AvgIpc) is 3.19. The van der Waals surface area contributed by atoms with Gasteiger partial charge in [0.15, 0.2) is 0 Å². The molecule has 33 heavy (non-hydrogen) atoms. The van der Waals surface area contributed by atoms with Gasteiger partial charge < -0.3 is 4.74 Å². The molecule has 3 aliphatic rings. The van der Waals surface area contributed by atoms with Gasteiger partial charge in [-0.25, -0.2) is 13.2 Å². The number of allylic oxidation sites excluding steroid dienone is 11. The smallest absolute Gasteiger partial charge is 0.130 e. The zero-order chi connectivity index (χ0) is 23.2. The van der Waals surface area contributed by atoms with Crippen LogP contribution in [0.5, 0.6) is 5.75 Å². The summed E-state index contributed by atoms with van der Waals surface area (Å²) < 4.78 is 47.6. The van der Waals surface area contributed by atoms with Crippen LogP contribution >= 0.6 is 0 Å². The van der Waals surface area contributed by atoms with Crippen molar-refractivity contribution in [1.82, 2.24) is 0 Å². The molecule has 1 aliphatic heterocycles. The molecular formula is C28H28F3NO. The Morgan fingerprint density at radius 1 is 1.09 bits per heavy atom. The number of halogens is 3. The van der Waals surface area contributed by atoms with Crippen LogP contribution in [0.4, 0.5) is 13.2 Å². The summed E-state index contributed by atoms with van der Waals surface area (Å²) in [6, 6.07) is 6.08. The Bertz CT molecular complexity index is 1100. The molecule has 5 heteroatoms. The predicted octanol–water partition coefficient (Wildman–Crippen LogP) is 7.89. The van der Waals surface area contributed by atoms with E-state index >= 15 is 0 Å². The number of hydrogen-bond donors (Lipinski definition) is 0. The fourth-order valence-corrected chi connectivity index (χ4v) is 4.33. The fraction of sp³-hybridized carbons (Fsp3) is 0.321. The van der Waals surface area contributed by atoms with E-state index in [0.717, 1.165) is 36.2 Å². The van der Waals surface area contributed by atoms with Crippen LogP contribution in [0, 0.1) is 17.7 Å². The van der Waals surface area contributed by atoms with E-state index in [2.05, 4.69) is 13.0 Å². The molecule has 0 fully saturated rings. The van der Waals surface area contributed by atoms with Crippen molar-refractivity contribution in [2.24, 2.45) is 16.8 Å². The van der Waals surface area contributed by atoms with Crippen LogP contribution in [0.25, 0.3) is 0 Å². The maximum Gasteiger partial charge on any atom is 0.130 e. The number of hydrogen-bond acceptors (Lipinski definition) is 2. The molecule has 2 atom stereocenters. The summed E-state index contributed by atoms with van der Waals surface area (Å²) in [5, 5.41) is 0. The Hall–Kier alpha value is -3.08. The van der Waals surface area contributed by atoms with E-state index in [-0.39, 0.29) is 42.3 Å². The predicted molar refractivity (Wildman–Crippen MR) is 127 cm³/mol. The number of benzene rings is 1. The van der Waals surface area contributed by atoms with Gasteiger partial charge in [0.05, 0.1) is 5.70 Å². The van der Waals surface area contributed by atoms with Crippen molar-refractivity contribution < 1.29 is 17.9 Å². The summed E-state index contributed by atoms with van der Waals surface area (Å²) in [5.41, 5.74) is 3.17. The Morgan fingerprint density at radius 3 is 2.82 bits per heavy atom. The van der Waals surface area contributed by atoms with Gasteiger partial charge in [-0.2, -0.15) is 0 Å². The van der Waals surface area contributed by atoms with Gasteiger partial charge >= 0.3 is 0 Å². The highest BCUT2D eigenvalue weighted by molar-refractivity contribution is 5.93. The maximum atomic E-state index is 14.7. The second-order valence-corrected chi connectivity index (χ2v) is 8.61. The summed E-state index contributed by atoms with van der Waals surface area (Å²) in [4.78, 5) is 4.83. The lowest BCUT2D eigenvalue weighted by molar-refractivity contribution is 0.348. The lowest BCUT2D eigenvalue weighted by Crippen LogP contribution is -2.18. The Balaban J connectivity index is 1.50. The van der Waals surface area contributed by atoms with Crippen molar-refractivity contribution in [2.45, 2.75) is 39.0 Å². The third kappa shape index (κ3) is 6.04. The molecule has 0 radical (unpaired) electrons. The summed E-state index contributed by atoms with van der Waals surface area (Å²) >= 11 is 0. The first kappa shape index (κ1) is 23.1. The van der Waals surface area contributed by atoms with Crippen molar-refractivity contribution in [3.05, 3.63) is 101 Å². The molecule has 0 spiro atoms. The zero-order valence-corrected chi connectivity index (χ0v) is 18.7. The molecule has 0 bridgehead atoms. The van der Waals surface area contributed by atoms with Crippen LogP contribution in [0.3, 0.4) is 0 Å². The summed E-state index contributed by atoms with van der Waals surface area (Å²) in [6.45, 7) is 2.42. The molecule has 0 amide bonds. The van der Waals surface area contributed by atoms with Gasteiger partial charge in [-0.05, 0) is 67.5 Å². The molecule has 0 N–H and O–H groups in total. The molecule has 2 nitrogen and oxygen atoms in total. The molecule has 2 aliphatic carbocycles. The van der Waals surface area contributed by atoms with Crippen LogP contribution in [0.1, 0.15) is 39.0 Å². The number of aliphatic imine (C=N–C) groups is 1. The van der Waals surface area contributed by atoms with Gasteiger partial charge in [0.1, 0.15) is 29.8 Å². The molecule has 4 rings (SSSR count). The van der Waals surface area contributed by atoms with E-state index in [1.165, 1.54) is 30.4 Å². The second kappa shape index (κ2) is 10.7. The van der Waals surface area contributed by atoms with Crippen molar-refractivity contribution in [3.8, 4) is 5.75 Å². The zero-order valence-electron chi connectivity index (χ0n) is 18.7. The van der Waals surface area contributed by atoms with Gasteiger partial charge in [-0.3, -0.25) is 4.99 Å². The van der Waals surface area contributed by atoms with Gasteiger partial charge in [-0.15, -0.1) is 0 Å². The Kier molecular flexibility index (Phi) is 7.48. The van der Waals surface area contributed by atoms with Crippen LogP contribution in [-0.2, 0) is 0 Å². The molecular weight excluding hydrogens is 423 g/mol. The summed E-state index contributed by atoms with van der Waals surface area (Å²) in [6.07, 6.45) is 15.4.